The molecule has 1 aromatic carbocycles. The lowest BCUT2D eigenvalue weighted by Crippen LogP contribution is -2.52. The van der Waals surface area contributed by atoms with Crippen molar-refractivity contribution in [3.8, 4) is 0 Å². The number of rotatable bonds is 3. The van der Waals surface area contributed by atoms with Crippen LogP contribution in [0.2, 0.25) is 0 Å². The van der Waals surface area contributed by atoms with E-state index in [4.69, 9.17) is 0 Å². The van der Waals surface area contributed by atoms with Gasteiger partial charge in [0.05, 0.1) is 11.1 Å². The number of carbonyl (C=O) groups excluding carboxylic acids is 3. The van der Waals surface area contributed by atoms with Crippen LogP contribution < -0.4 is 0 Å². The number of amides is 2. The predicted molar refractivity (Wildman–Crippen MR) is 99.3 cm³/mol. The van der Waals surface area contributed by atoms with Gasteiger partial charge in [0, 0.05) is 55.7 Å². The molecule has 0 aliphatic carbocycles. The third-order valence-electron chi connectivity index (χ3n) is 4.86. The zero-order valence-corrected chi connectivity index (χ0v) is 14.9. The standard InChI is InChI=1S/C20H17FN4O3/c21-15-4-1-5-16-17(15)14(12-23-16)18(26)20(28)25-9-7-24(8-10-25)19(27)13-3-2-6-22-11-13/h1-6,11-12,23H,7-10H2. The van der Waals surface area contributed by atoms with Crippen molar-refractivity contribution >= 4 is 28.5 Å². The van der Waals surface area contributed by atoms with Gasteiger partial charge >= 0.3 is 0 Å². The van der Waals surface area contributed by atoms with Crippen LogP contribution in [0.15, 0.2) is 48.9 Å². The number of nitrogens with zero attached hydrogens (tertiary/aromatic N) is 3. The molecule has 3 heterocycles. The number of ketones is 1. The summed E-state index contributed by atoms with van der Waals surface area (Å²) in [5, 5.41) is 0.117. The van der Waals surface area contributed by atoms with E-state index < -0.39 is 17.5 Å². The molecule has 1 aliphatic heterocycles. The summed E-state index contributed by atoms with van der Waals surface area (Å²) >= 11 is 0. The monoisotopic (exact) mass is 380 g/mol. The highest BCUT2D eigenvalue weighted by Gasteiger charge is 2.30. The summed E-state index contributed by atoms with van der Waals surface area (Å²) in [6.45, 7) is 1.10. The third kappa shape index (κ3) is 3.13. The van der Waals surface area contributed by atoms with Crippen LogP contribution in [0.1, 0.15) is 20.7 Å². The summed E-state index contributed by atoms with van der Waals surface area (Å²) in [4.78, 5) is 47.5. The number of nitrogens with one attached hydrogen (secondary N) is 1. The number of Topliss-reactive ketones (excluding diaryl/α,β-unsaturated/α-hetero) is 1. The highest BCUT2D eigenvalue weighted by Crippen LogP contribution is 2.22. The van der Waals surface area contributed by atoms with Gasteiger partial charge in [0.25, 0.3) is 17.6 Å². The fourth-order valence-electron chi connectivity index (χ4n) is 3.36. The average molecular weight is 380 g/mol. The van der Waals surface area contributed by atoms with Gasteiger partial charge in [-0.1, -0.05) is 6.07 Å². The summed E-state index contributed by atoms with van der Waals surface area (Å²) in [5.41, 5.74) is 0.961. The van der Waals surface area contributed by atoms with E-state index in [9.17, 15) is 18.8 Å². The number of H-pyrrole nitrogens is 1. The molecule has 3 aromatic rings. The van der Waals surface area contributed by atoms with Gasteiger partial charge < -0.3 is 14.8 Å². The van der Waals surface area contributed by atoms with E-state index in [2.05, 4.69) is 9.97 Å². The molecule has 0 atom stereocenters. The first kappa shape index (κ1) is 17.8. The van der Waals surface area contributed by atoms with Crippen LogP contribution in [-0.4, -0.2) is 63.5 Å². The van der Waals surface area contributed by atoms with E-state index in [1.54, 1.807) is 29.3 Å². The second kappa shape index (κ2) is 7.22. The fourth-order valence-corrected chi connectivity index (χ4v) is 3.36. The Morgan fingerprint density at radius 2 is 1.75 bits per heavy atom. The Bertz CT molecular complexity index is 1060. The number of hydrogen-bond donors (Lipinski definition) is 1. The van der Waals surface area contributed by atoms with Crippen molar-refractivity contribution in [2.45, 2.75) is 0 Å². The number of fused-ring (bicyclic) bond motifs is 1. The van der Waals surface area contributed by atoms with Crippen molar-refractivity contribution in [1.82, 2.24) is 19.8 Å². The predicted octanol–water partition coefficient (Wildman–Crippen LogP) is 1.87. The smallest absolute Gasteiger partial charge is 0.295 e. The van der Waals surface area contributed by atoms with Crippen LogP contribution in [0.25, 0.3) is 10.9 Å². The molecule has 0 bridgehead atoms. The molecule has 8 heteroatoms. The molecule has 142 valence electrons. The molecular formula is C20H17FN4O3. The molecule has 0 saturated carbocycles. The van der Waals surface area contributed by atoms with Crippen LogP contribution in [-0.2, 0) is 4.79 Å². The summed E-state index contributed by atoms with van der Waals surface area (Å²) in [7, 11) is 0. The Hall–Kier alpha value is -3.55. The Balaban J connectivity index is 1.45. The SMILES string of the molecule is O=C(C(=O)N1CCN(C(=O)c2cccnc2)CC1)c1c[nH]c2cccc(F)c12. The normalized spacial score (nSPS) is 14.3. The van der Waals surface area contributed by atoms with Gasteiger partial charge in [-0.25, -0.2) is 4.39 Å². The lowest BCUT2D eigenvalue weighted by Gasteiger charge is -2.34. The molecule has 0 radical (unpaired) electrons. The van der Waals surface area contributed by atoms with Crippen molar-refractivity contribution in [1.29, 1.82) is 0 Å². The minimum atomic E-state index is -0.761. The number of pyridine rings is 1. The zero-order valence-electron chi connectivity index (χ0n) is 14.9. The van der Waals surface area contributed by atoms with Gasteiger partial charge in [-0.3, -0.25) is 19.4 Å². The van der Waals surface area contributed by atoms with Crippen LogP contribution in [0.4, 0.5) is 4.39 Å². The molecular weight excluding hydrogens is 363 g/mol. The lowest BCUT2D eigenvalue weighted by atomic mass is 10.1. The highest BCUT2D eigenvalue weighted by atomic mass is 19.1. The van der Waals surface area contributed by atoms with Crippen LogP contribution in [0, 0.1) is 5.82 Å². The second-order valence-corrected chi connectivity index (χ2v) is 6.52. The molecule has 2 amide bonds. The van der Waals surface area contributed by atoms with Gasteiger partial charge in [-0.05, 0) is 24.3 Å². The van der Waals surface area contributed by atoms with E-state index in [1.807, 2.05) is 0 Å². The van der Waals surface area contributed by atoms with Crippen molar-refractivity contribution in [3.63, 3.8) is 0 Å². The van der Waals surface area contributed by atoms with E-state index in [0.29, 0.717) is 24.2 Å². The average Bonchev–Trinajstić information content (AvgIpc) is 3.18. The minimum absolute atomic E-state index is 0.0203. The van der Waals surface area contributed by atoms with Gasteiger partial charge in [-0.15, -0.1) is 0 Å². The third-order valence-corrected chi connectivity index (χ3v) is 4.86. The van der Waals surface area contributed by atoms with E-state index >= 15 is 0 Å². The second-order valence-electron chi connectivity index (χ2n) is 6.52. The lowest BCUT2D eigenvalue weighted by molar-refractivity contribution is -0.127. The highest BCUT2D eigenvalue weighted by molar-refractivity contribution is 6.44. The Labute approximate surface area is 159 Å². The Kier molecular flexibility index (Phi) is 4.60. The first-order chi connectivity index (χ1) is 13.6. The van der Waals surface area contributed by atoms with Crippen molar-refractivity contribution in [2.24, 2.45) is 0 Å². The maximum absolute atomic E-state index is 14.1. The van der Waals surface area contributed by atoms with E-state index in [1.165, 1.54) is 29.4 Å². The zero-order chi connectivity index (χ0) is 19.7. The summed E-state index contributed by atoms with van der Waals surface area (Å²) in [5.74, 6) is -2.17. The quantitative estimate of drug-likeness (QED) is 0.555. The first-order valence-corrected chi connectivity index (χ1v) is 8.85. The Morgan fingerprint density at radius 1 is 1.00 bits per heavy atom. The molecule has 2 aromatic heterocycles. The number of carbonyl (C=O) groups is 3. The number of aromatic nitrogens is 2. The van der Waals surface area contributed by atoms with Crippen LogP contribution in [0.3, 0.4) is 0 Å². The molecule has 7 nitrogen and oxygen atoms in total. The van der Waals surface area contributed by atoms with Crippen molar-refractivity contribution in [3.05, 3.63) is 65.9 Å². The van der Waals surface area contributed by atoms with Gasteiger partial charge in [0.1, 0.15) is 5.82 Å². The van der Waals surface area contributed by atoms with Crippen LogP contribution in [0.5, 0.6) is 0 Å². The molecule has 1 saturated heterocycles. The van der Waals surface area contributed by atoms with E-state index in [0.717, 1.165) is 0 Å². The maximum Gasteiger partial charge on any atom is 0.295 e. The minimum Gasteiger partial charge on any atom is -0.360 e. The van der Waals surface area contributed by atoms with Gasteiger partial charge in [0.15, 0.2) is 0 Å². The Morgan fingerprint density at radius 3 is 2.46 bits per heavy atom. The van der Waals surface area contributed by atoms with E-state index in [-0.39, 0.29) is 29.9 Å². The number of hydrogen-bond acceptors (Lipinski definition) is 4. The molecule has 1 fully saturated rings. The van der Waals surface area contributed by atoms with Crippen molar-refractivity contribution < 1.29 is 18.8 Å². The molecule has 0 unspecified atom stereocenters. The summed E-state index contributed by atoms with van der Waals surface area (Å²) in [6.07, 6.45) is 4.44. The topological polar surface area (TPSA) is 86.4 Å². The molecule has 28 heavy (non-hydrogen) atoms. The number of halogens is 1. The molecule has 1 aliphatic rings. The van der Waals surface area contributed by atoms with Crippen LogP contribution >= 0.6 is 0 Å². The number of aromatic amines is 1. The number of piperazine rings is 1. The molecule has 0 spiro atoms. The largest absolute Gasteiger partial charge is 0.360 e. The van der Waals surface area contributed by atoms with Gasteiger partial charge in [0.2, 0.25) is 0 Å². The molecule has 1 N–H and O–H groups in total. The van der Waals surface area contributed by atoms with Crippen molar-refractivity contribution in [2.75, 3.05) is 26.2 Å². The fraction of sp³-hybridized carbons (Fsp3) is 0.200. The summed E-state index contributed by atoms with van der Waals surface area (Å²) < 4.78 is 14.1. The number of benzene rings is 1. The maximum atomic E-state index is 14.1. The summed E-state index contributed by atoms with van der Waals surface area (Å²) in [6, 6.07) is 7.79. The van der Waals surface area contributed by atoms with Gasteiger partial charge in [-0.2, -0.15) is 0 Å². The molecule has 4 rings (SSSR count). The first-order valence-electron chi connectivity index (χ1n) is 8.85.